The Kier molecular flexibility index (Phi) is 6.18. The second-order valence-corrected chi connectivity index (χ2v) is 8.02. The van der Waals surface area contributed by atoms with Crippen molar-refractivity contribution in [3.05, 3.63) is 75.3 Å². The third-order valence-corrected chi connectivity index (χ3v) is 6.11. The number of likely N-dealkylation sites (tertiary alicyclic amines) is 1. The highest BCUT2D eigenvalue weighted by Gasteiger charge is 2.28. The molecule has 0 saturated carbocycles. The number of piperidine rings is 1. The van der Waals surface area contributed by atoms with Crippen LogP contribution in [0.4, 0.5) is 8.78 Å². The Morgan fingerprint density at radius 3 is 2.53 bits per heavy atom. The second-order valence-electron chi connectivity index (χ2n) is 8.02. The molecule has 2 aromatic heterocycles. The van der Waals surface area contributed by atoms with Gasteiger partial charge in [-0.25, -0.2) is 13.8 Å². The monoisotopic (exact) mass is 442 g/mol. The molecule has 2 N–H and O–H groups in total. The summed E-state index contributed by atoms with van der Waals surface area (Å²) >= 11 is 0. The maximum absolute atomic E-state index is 14.1. The van der Waals surface area contributed by atoms with Crippen LogP contribution in [0.2, 0.25) is 0 Å². The first-order valence-corrected chi connectivity index (χ1v) is 10.5. The van der Waals surface area contributed by atoms with Crippen LogP contribution in [0, 0.1) is 24.5 Å². The van der Waals surface area contributed by atoms with Crippen LogP contribution in [-0.2, 0) is 6.42 Å². The molecular formula is C23H24F2N4O3. The van der Waals surface area contributed by atoms with E-state index in [2.05, 4.69) is 15.0 Å². The molecule has 0 bridgehead atoms. The van der Waals surface area contributed by atoms with Gasteiger partial charge in [-0.15, -0.1) is 0 Å². The molecule has 1 saturated heterocycles. The van der Waals surface area contributed by atoms with Crippen molar-refractivity contribution in [3.63, 3.8) is 0 Å². The Morgan fingerprint density at radius 1 is 1.19 bits per heavy atom. The fourth-order valence-corrected chi connectivity index (χ4v) is 4.36. The predicted octanol–water partition coefficient (Wildman–Crippen LogP) is 3.12. The molecule has 0 unspecified atom stereocenters. The molecule has 1 aliphatic heterocycles. The van der Waals surface area contributed by atoms with Gasteiger partial charge in [-0.1, -0.05) is 11.2 Å². The fraction of sp³-hybridized carbons (Fsp3) is 0.348. The van der Waals surface area contributed by atoms with Gasteiger partial charge in [0.1, 0.15) is 11.6 Å². The first kappa shape index (κ1) is 21.9. The first-order valence-electron chi connectivity index (χ1n) is 10.5. The Bertz CT molecular complexity index is 1210. The molecular weight excluding hydrogens is 418 g/mol. The number of rotatable bonds is 5. The van der Waals surface area contributed by atoms with Crippen LogP contribution in [0.5, 0.6) is 5.75 Å². The van der Waals surface area contributed by atoms with Crippen molar-refractivity contribution in [2.24, 2.45) is 11.1 Å². The summed E-state index contributed by atoms with van der Waals surface area (Å²) in [6, 6.07) is 6.66. The number of halogens is 2. The highest BCUT2D eigenvalue weighted by Crippen LogP contribution is 2.26. The average Bonchev–Trinajstić information content (AvgIpc) is 2.78. The summed E-state index contributed by atoms with van der Waals surface area (Å²) in [4.78, 5) is 19.4. The molecule has 1 fully saturated rings. The van der Waals surface area contributed by atoms with Crippen molar-refractivity contribution in [1.29, 1.82) is 0 Å². The van der Waals surface area contributed by atoms with Gasteiger partial charge in [0, 0.05) is 29.9 Å². The summed E-state index contributed by atoms with van der Waals surface area (Å²) in [5, 5.41) is 22.6. The zero-order chi connectivity index (χ0) is 22.8. The fourth-order valence-electron chi connectivity index (χ4n) is 4.36. The molecule has 3 heterocycles. The van der Waals surface area contributed by atoms with Crippen molar-refractivity contribution >= 4 is 11.4 Å². The van der Waals surface area contributed by atoms with Crippen LogP contribution in [-0.4, -0.2) is 49.9 Å². The normalized spacial score (nSPS) is 16.0. The minimum atomic E-state index is -0.744. The van der Waals surface area contributed by atoms with Crippen LogP contribution in [0.15, 0.2) is 46.5 Å². The molecule has 0 atom stereocenters. The summed E-state index contributed by atoms with van der Waals surface area (Å²) in [7, 11) is 0. The Balaban J connectivity index is 1.44. The molecule has 9 heteroatoms. The summed E-state index contributed by atoms with van der Waals surface area (Å²) < 4.78 is 29.6. The lowest BCUT2D eigenvalue weighted by Gasteiger charge is -2.32. The maximum atomic E-state index is 14.1. The van der Waals surface area contributed by atoms with Gasteiger partial charge < -0.3 is 15.2 Å². The van der Waals surface area contributed by atoms with Gasteiger partial charge in [0.2, 0.25) is 0 Å². The van der Waals surface area contributed by atoms with E-state index in [0.717, 1.165) is 12.1 Å². The smallest absolute Gasteiger partial charge is 0.261 e. The molecule has 32 heavy (non-hydrogen) atoms. The molecule has 7 nitrogen and oxygen atoms in total. The SMILES string of the molecule is Cc1nc2c(O)cccn2c(=O)c1CCN1CCC(C(=NO)c2c(F)cccc2F)CC1. The van der Waals surface area contributed by atoms with Crippen molar-refractivity contribution in [2.45, 2.75) is 26.2 Å². The van der Waals surface area contributed by atoms with Crippen LogP contribution < -0.4 is 5.56 Å². The molecule has 168 valence electrons. The number of oxime groups is 1. The van der Waals surface area contributed by atoms with E-state index in [9.17, 15) is 23.9 Å². The van der Waals surface area contributed by atoms with E-state index in [0.29, 0.717) is 50.2 Å². The third kappa shape index (κ3) is 4.08. The maximum Gasteiger partial charge on any atom is 0.261 e. The number of benzene rings is 1. The average molecular weight is 442 g/mol. The van der Waals surface area contributed by atoms with Gasteiger partial charge in [-0.2, -0.15) is 0 Å². The number of pyridine rings is 1. The van der Waals surface area contributed by atoms with Crippen molar-refractivity contribution in [3.8, 4) is 5.75 Å². The number of hydrogen-bond donors (Lipinski definition) is 2. The summed E-state index contributed by atoms with van der Waals surface area (Å²) in [6.45, 7) is 3.65. The van der Waals surface area contributed by atoms with E-state index in [1.165, 1.54) is 16.5 Å². The van der Waals surface area contributed by atoms with Crippen LogP contribution >= 0.6 is 0 Å². The lowest BCUT2D eigenvalue weighted by atomic mass is 9.87. The standard InChI is InChI=1S/C23H24F2N4O3/c1-14-16(23(31)29-10-3-6-19(30)22(29)26-14)9-13-28-11-7-15(8-12-28)21(27-32)20-17(24)4-2-5-18(20)25/h2-6,10,15,30,32H,7-9,11-13H2,1H3. The zero-order valence-electron chi connectivity index (χ0n) is 17.6. The lowest BCUT2D eigenvalue weighted by Crippen LogP contribution is -2.38. The Hall–Kier alpha value is -3.33. The second kappa shape index (κ2) is 9.04. The number of fused-ring (bicyclic) bond motifs is 1. The Labute approximate surface area is 183 Å². The van der Waals surface area contributed by atoms with Gasteiger partial charge in [0.15, 0.2) is 11.4 Å². The van der Waals surface area contributed by atoms with E-state index >= 15 is 0 Å². The highest BCUT2D eigenvalue weighted by atomic mass is 19.1. The quantitative estimate of drug-likeness (QED) is 0.360. The van der Waals surface area contributed by atoms with Gasteiger partial charge in [-0.05, 0) is 63.5 Å². The number of aryl methyl sites for hydroxylation is 1. The molecule has 0 amide bonds. The number of nitrogens with zero attached hydrogens (tertiary/aromatic N) is 4. The van der Waals surface area contributed by atoms with Gasteiger partial charge in [0.05, 0.1) is 11.3 Å². The van der Waals surface area contributed by atoms with E-state index < -0.39 is 11.6 Å². The number of aromatic hydroxyl groups is 1. The van der Waals surface area contributed by atoms with Gasteiger partial charge in [0.25, 0.3) is 5.56 Å². The first-order chi connectivity index (χ1) is 15.4. The highest BCUT2D eigenvalue weighted by molar-refractivity contribution is 6.02. The largest absolute Gasteiger partial charge is 0.504 e. The number of aromatic nitrogens is 2. The van der Waals surface area contributed by atoms with Gasteiger partial charge in [-0.3, -0.25) is 9.20 Å². The molecule has 0 aliphatic carbocycles. The van der Waals surface area contributed by atoms with Gasteiger partial charge >= 0.3 is 0 Å². The Morgan fingerprint density at radius 2 is 1.88 bits per heavy atom. The van der Waals surface area contributed by atoms with E-state index in [1.54, 1.807) is 19.2 Å². The van der Waals surface area contributed by atoms with Crippen LogP contribution in [0.3, 0.4) is 0 Å². The minimum Gasteiger partial charge on any atom is -0.504 e. The molecule has 1 aromatic carbocycles. The van der Waals surface area contributed by atoms with Crippen LogP contribution in [0.1, 0.15) is 29.7 Å². The molecule has 0 radical (unpaired) electrons. The molecule has 4 rings (SSSR count). The van der Waals surface area contributed by atoms with E-state index in [4.69, 9.17) is 0 Å². The molecule has 3 aromatic rings. The van der Waals surface area contributed by atoms with Crippen molar-refractivity contribution in [1.82, 2.24) is 14.3 Å². The van der Waals surface area contributed by atoms with Crippen LogP contribution in [0.25, 0.3) is 5.65 Å². The summed E-state index contributed by atoms with van der Waals surface area (Å²) in [6.07, 6.45) is 3.23. The minimum absolute atomic E-state index is 0.0351. The van der Waals surface area contributed by atoms with E-state index in [1.807, 2.05) is 0 Å². The summed E-state index contributed by atoms with van der Waals surface area (Å²) in [5.74, 6) is -1.80. The van der Waals surface area contributed by atoms with E-state index in [-0.39, 0.29) is 34.1 Å². The van der Waals surface area contributed by atoms with Crippen molar-refractivity contribution in [2.75, 3.05) is 19.6 Å². The molecule has 0 spiro atoms. The topological polar surface area (TPSA) is 90.4 Å². The predicted molar refractivity (Wildman–Crippen MR) is 115 cm³/mol. The lowest BCUT2D eigenvalue weighted by molar-refractivity contribution is 0.208. The van der Waals surface area contributed by atoms with Crippen molar-refractivity contribution < 1.29 is 19.1 Å². The third-order valence-electron chi connectivity index (χ3n) is 6.11. The zero-order valence-corrected chi connectivity index (χ0v) is 17.6. The summed E-state index contributed by atoms with van der Waals surface area (Å²) in [5.41, 5.74) is 0.951. The molecule has 1 aliphatic rings. The number of hydrogen-bond acceptors (Lipinski definition) is 6.